The highest BCUT2D eigenvalue weighted by molar-refractivity contribution is 6.35. The molecule has 0 atom stereocenters. The van der Waals surface area contributed by atoms with Crippen molar-refractivity contribution in [1.29, 1.82) is 0 Å². The van der Waals surface area contributed by atoms with Gasteiger partial charge >= 0.3 is 0 Å². The lowest BCUT2D eigenvalue weighted by Crippen LogP contribution is -2.29. The molecule has 1 aliphatic carbocycles. The van der Waals surface area contributed by atoms with Crippen molar-refractivity contribution >= 4 is 29.1 Å². The number of nitrogens with zero attached hydrogens (tertiary/aromatic N) is 2. The molecule has 1 aromatic rings. The molecule has 0 aliphatic heterocycles. The van der Waals surface area contributed by atoms with Crippen molar-refractivity contribution < 1.29 is 4.79 Å². The molecule has 0 aromatic carbocycles. The van der Waals surface area contributed by atoms with Crippen LogP contribution in [0.5, 0.6) is 0 Å². The molecule has 0 spiro atoms. The van der Waals surface area contributed by atoms with Crippen LogP contribution in [0.4, 0.5) is 0 Å². The van der Waals surface area contributed by atoms with Crippen LogP contribution in [0.3, 0.4) is 0 Å². The van der Waals surface area contributed by atoms with Crippen molar-refractivity contribution in [1.82, 2.24) is 9.88 Å². The first-order chi connectivity index (χ1) is 7.09. The van der Waals surface area contributed by atoms with E-state index >= 15 is 0 Å². The van der Waals surface area contributed by atoms with E-state index in [0.29, 0.717) is 16.6 Å². The van der Waals surface area contributed by atoms with E-state index in [9.17, 15) is 4.79 Å². The van der Waals surface area contributed by atoms with Crippen molar-refractivity contribution in [2.75, 3.05) is 7.05 Å². The zero-order valence-corrected chi connectivity index (χ0v) is 9.72. The molecule has 0 radical (unpaired) electrons. The third-order valence-electron chi connectivity index (χ3n) is 2.47. The van der Waals surface area contributed by atoms with Crippen LogP contribution in [-0.4, -0.2) is 28.9 Å². The first-order valence-electron chi connectivity index (χ1n) is 4.68. The van der Waals surface area contributed by atoms with Gasteiger partial charge in [-0.3, -0.25) is 4.79 Å². The van der Waals surface area contributed by atoms with Gasteiger partial charge in [0, 0.05) is 19.3 Å². The van der Waals surface area contributed by atoms with Gasteiger partial charge in [-0.05, 0) is 18.9 Å². The van der Waals surface area contributed by atoms with Gasteiger partial charge in [0.25, 0.3) is 5.91 Å². The second kappa shape index (κ2) is 3.99. The van der Waals surface area contributed by atoms with Gasteiger partial charge in [-0.25, -0.2) is 4.98 Å². The number of hydrogen-bond acceptors (Lipinski definition) is 2. The molecule has 2 rings (SSSR count). The molecule has 1 aromatic heterocycles. The highest BCUT2D eigenvalue weighted by Gasteiger charge is 2.30. The largest absolute Gasteiger partial charge is 0.339 e. The second-order valence-corrected chi connectivity index (χ2v) is 4.43. The molecule has 1 fully saturated rings. The zero-order valence-electron chi connectivity index (χ0n) is 8.20. The first-order valence-corrected chi connectivity index (χ1v) is 5.43. The Labute approximate surface area is 98.0 Å². The van der Waals surface area contributed by atoms with Crippen LogP contribution >= 0.6 is 23.2 Å². The number of aromatic nitrogens is 1. The predicted octanol–water partition coefficient (Wildman–Crippen LogP) is 2.62. The van der Waals surface area contributed by atoms with E-state index < -0.39 is 0 Å². The fourth-order valence-corrected chi connectivity index (χ4v) is 1.74. The molecule has 15 heavy (non-hydrogen) atoms. The summed E-state index contributed by atoms with van der Waals surface area (Å²) in [5.41, 5.74) is 0.422. The van der Waals surface area contributed by atoms with Gasteiger partial charge in [0.15, 0.2) is 0 Å². The minimum atomic E-state index is -0.0909. The maximum atomic E-state index is 12.0. The average Bonchev–Trinajstić information content (AvgIpc) is 3.03. The standard InChI is InChI=1S/C10H10Cl2N2O/c1-14(6-2-3-6)10(15)7-4-9(12)13-5-8(7)11/h4-6H,2-3H2,1H3. The summed E-state index contributed by atoms with van der Waals surface area (Å²) in [7, 11) is 1.78. The summed E-state index contributed by atoms with van der Waals surface area (Å²) < 4.78 is 0. The van der Waals surface area contributed by atoms with E-state index in [1.807, 2.05) is 0 Å². The van der Waals surface area contributed by atoms with Gasteiger partial charge in [-0.2, -0.15) is 0 Å². The number of halogens is 2. The fraction of sp³-hybridized carbons (Fsp3) is 0.400. The highest BCUT2D eigenvalue weighted by Crippen LogP contribution is 2.28. The number of pyridine rings is 1. The summed E-state index contributed by atoms with van der Waals surface area (Å²) in [6.07, 6.45) is 3.54. The Morgan fingerprint density at radius 3 is 2.80 bits per heavy atom. The van der Waals surface area contributed by atoms with Crippen LogP contribution in [0, 0.1) is 0 Å². The minimum Gasteiger partial charge on any atom is -0.339 e. The number of hydrogen-bond donors (Lipinski definition) is 0. The van der Waals surface area contributed by atoms with Crippen molar-refractivity contribution in [2.24, 2.45) is 0 Å². The SMILES string of the molecule is CN(C(=O)c1cc(Cl)ncc1Cl)C1CC1. The van der Waals surface area contributed by atoms with Gasteiger partial charge < -0.3 is 4.90 Å². The van der Waals surface area contributed by atoms with Crippen molar-refractivity contribution in [3.05, 3.63) is 28.0 Å². The summed E-state index contributed by atoms with van der Waals surface area (Å²) in [6, 6.07) is 1.87. The lowest BCUT2D eigenvalue weighted by molar-refractivity contribution is 0.0785. The molecule has 0 unspecified atom stereocenters. The average molecular weight is 245 g/mol. The normalized spacial score (nSPS) is 15.1. The molecule has 5 heteroatoms. The van der Waals surface area contributed by atoms with E-state index in [-0.39, 0.29) is 11.1 Å². The van der Waals surface area contributed by atoms with Crippen LogP contribution in [-0.2, 0) is 0 Å². The van der Waals surface area contributed by atoms with Gasteiger partial charge in [-0.15, -0.1) is 0 Å². The van der Waals surface area contributed by atoms with Crippen LogP contribution in [0.25, 0.3) is 0 Å². The van der Waals surface area contributed by atoms with Crippen LogP contribution in [0.1, 0.15) is 23.2 Å². The molecule has 1 heterocycles. The molecule has 1 aliphatic rings. The molecular formula is C10H10Cl2N2O. The van der Waals surface area contributed by atoms with Gasteiger partial charge in [0.2, 0.25) is 0 Å². The van der Waals surface area contributed by atoms with E-state index in [4.69, 9.17) is 23.2 Å². The molecule has 0 bridgehead atoms. The third kappa shape index (κ3) is 2.24. The summed E-state index contributed by atoms with van der Waals surface area (Å²) in [5, 5.41) is 0.629. The Hall–Kier alpha value is -0.800. The molecule has 0 saturated heterocycles. The topological polar surface area (TPSA) is 33.2 Å². The summed E-state index contributed by atoms with van der Waals surface area (Å²) in [4.78, 5) is 17.5. The molecule has 1 amide bonds. The third-order valence-corrected chi connectivity index (χ3v) is 2.98. The summed E-state index contributed by atoms with van der Waals surface area (Å²) >= 11 is 11.6. The second-order valence-electron chi connectivity index (χ2n) is 3.63. The van der Waals surface area contributed by atoms with Gasteiger partial charge in [0.05, 0.1) is 10.6 Å². The number of carbonyl (C=O) groups excluding carboxylic acids is 1. The predicted molar refractivity (Wildman–Crippen MR) is 59.4 cm³/mol. The van der Waals surface area contributed by atoms with Crippen LogP contribution in [0.2, 0.25) is 10.2 Å². The maximum Gasteiger partial charge on any atom is 0.255 e. The van der Waals surface area contributed by atoms with Gasteiger partial charge in [0.1, 0.15) is 5.15 Å². The smallest absolute Gasteiger partial charge is 0.255 e. The van der Waals surface area contributed by atoms with Crippen molar-refractivity contribution in [3.8, 4) is 0 Å². The maximum absolute atomic E-state index is 12.0. The Balaban J connectivity index is 2.27. The monoisotopic (exact) mass is 244 g/mol. The van der Waals surface area contributed by atoms with E-state index in [0.717, 1.165) is 12.8 Å². The molecule has 0 N–H and O–H groups in total. The Morgan fingerprint density at radius 1 is 1.53 bits per heavy atom. The van der Waals surface area contributed by atoms with E-state index in [1.54, 1.807) is 11.9 Å². The van der Waals surface area contributed by atoms with E-state index in [1.165, 1.54) is 12.3 Å². The summed E-state index contributed by atoms with van der Waals surface area (Å²) in [6.45, 7) is 0. The van der Waals surface area contributed by atoms with Crippen molar-refractivity contribution in [3.63, 3.8) is 0 Å². The van der Waals surface area contributed by atoms with Crippen molar-refractivity contribution in [2.45, 2.75) is 18.9 Å². The molecular weight excluding hydrogens is 235 g/mol. The zero-order chi connectivity index (χ0) is 11.0. The minimum absolute atomic E-state index is 0.0909. The molecule has 80 valence electrons. The number of carbonyl (C=O) groups is 1. The highest BCUT2D eigenvalue weighted by atomic mass is 35.5. The summed E-state index contributed by atoms with van der Waals surface area (Å²) in [5.74, 6) is -0.0909. The Kier molecular flexibility index (Phi) is 2.85. The quantitative estimate of drug-likeness (QED) is 0.750. The number of rotatable bonds is 2. The Morgan fingerprint density at radius 2 is 2.20 bits per heavy atom. The van der Waals surface area contributed by atoms with E-state index in [2.05, 4.69) is 4.98 Å². The lowest BCUT2D eigenvalue weighted by atomic mass is 10.2. The first kappa shape index (κ1) is 10.7. The molecule has 1 saturated carbocycles. The molecule has 3 nitrogen and oxygen atoms in total. The Bertz CT molecular complexity index is 404. The lowest BCUT2D eigenvalue weighted by Gasteiger charge is -2.16. The van der Waals surface area contributed by atoms with Crippen LogP contribution in [0.15, 0.2) is 12.3 Å². The number of amides is 1. The van der Waals surface area contributed by atoms with Crippen LogP contribution < -0.4 is 0 Å². The fourth-order valence-electron chi connectivity index (χ4n) is 1.39. The van der Waals surface area contributed by atoms with Gasteiger partial charge in [-0.1, -0.05) is 23.2 Å².